The van der Waals surface area contributed by atoms with Crippen molar-refractivity contribution in [3.05, 3.63) is 51.4 Å². The van der Waals surface area contributed by atoms with Gasteiger partial charge in [0.1, 0.15) is 12.1 Å². The highest BCUT2D eigenvalue weighted by Gasteiger charge is 2.26. The van der Waals surface area contributed by atoms with Crippen LogP contribution < -0.4 is 21.5 Å². The molecule has 2 amide bonds. The van der Waals surface area contributed by atoms with Gasteiger partial charge in [0, 0.05) is 51.6 Å². The normalized spacial score (nSPS) is 14.2. The molecule has 1 saturated heterocycles. The second-order valence-electron chi connectivity index (χ2n) is 9.80. The first kappa shape index (κ1) is 25.0. The molecule has 0 unspecified atom stereocenters. The molecule has 1 fully saturated rings. The Morgan fingerprint density at radius 1 is 1.00 bits per heavy atom. The maximum Gasteiger partial charge on any atom is 0.410 e. The van der Waals surface area contributed by atoms with Gasteiger partial charge in [0.25, 0.3) is 5.56 Å². The Labute approximate surface area is 207 Å². The Kier molecular flexibility index (Phi) is 6.61. The Morgan fingerprint density at radius 2 is 1.64 bits per heavy atom. The summed E-state index contributed by atoms with van der Waals surface area (Å²) in [6.45, 7) is 7.91. The number of nitrogens with zero attached hydrogens (tertiary/aromatic N) is 6. The quantitative estimate of drug-likeness (QED) is 0.573. The van der Waals surface area contributed by atoms with E-state index in [0.717, 1.165) is 10.3 Å². The summed E-state index contributed by atoms with van der Waals surface area (Å²) in [5, 5.41) is 2.83. The maximum absolute atomic E-state index is 12.7. The lowest BCUT2D eigenvalue weighted by Gasteiger charge is -2.36. The van der Waals surface area contributed by atoms with Gasteiger partial charge in [-0.2, -0.15) is 0 Å². The number of hydrogen-bond donors (Lipinski definition) is 1. The van der Waals surface area contributed by atoms with Crippen LogP contribution in [0.4, 0.5) is 16.2 Å². The molecule has 192 valence electrons. The minimum Gasteiger partial charge on any atom is -0.444 e. The molecule has 0 atom stereocenters. The lowest BCUT2D eigenvalue weighted by Crippen LogP contribution is -2.50. The number of amides is 2. The summed E-state index contributed by atoms with van der Waals surface area (Å²) in [5.41, 5.74) is 0.515. The van der Waals surface area contributed by atoms with Crippen molar-refractivity contribution < 1.29 is 14.3 Å². The van der Waals surface area contributed by atoms with E-state index < -0.39 is 16.9 Å². The number of rotatable bonds is 4. The summed E-state index contributed by atoms with van der Waals surface area (Å²) >= 11 is 0. The monoisotopic (exact) mass is 497 g/mol. The summed E-state index contributed by atoms with van der Waals surface area (Å²) in [6.07, 6.45) is 1.08. The number of piperazine rings is 1. The average molecular weight is 498 g/mol. The average Bonchev–Trinajstić information content (AvgIpc) is 3.24. The van der Waals surface area contributed by atoms with Crippen LogP contribution in [0.5, 0.6) is 0 Å². The minimum atomic E-state index is -0.521. The molecule has 2 aromatic heterocycles. The van der Waals surface area contributed by atoms with Crippen molar-refractivity contribution in [2.45, 2.75) is 32.9 Å². The summed E-state index contributed by atoms with van der Waals surface area (Å²) < 4.78 is 9.15. The van der Waals surface area contributed by atoms with Gasteiger partial charge in [0.2, 0.25) is 5.91 Å². The third-order valence-corrected chi connectivity index (χ3v) is 5.98. The second kappa shape index (κ2) is 9.51. The zero-order valence-electron chi connectivity index (χ0n) is 21.1. The van der Waals surface area contributed by atoms with E-state index in [1.54, 1.807) is 4.90 Å². The van der Waals surface area contributed by atoms with Crippen molar-refractivity contribution in [1.29, 1.82) is 0 Å². The number of carbonyl (C=O) groups is 2. The molecule has 12 nitrogen and oxygen atoms in total. The van der Waals surface area contributed by atoms with E-state index >= 15 is 0 Å². The lowest BCUT2D eigenvalue weighted by molar-refractivity contribution is -0.116. The standard InChI is InChI=1S/C24H31N7O5/c1-24(2,3)36-23(35)30-12-10-29(11-13-30)17-8-6-16(7-9-17)26-18(32)14-31-15-25-20-19(31)21(33)28(5)22(34)27(20)4/h6-9,15H,10-14H2,1-5H3,(H,26,32). The van der Waals surface area contributed by atoms with E-state index in [1.807, 2.05) is 45.0 Å². The molecule has 0 bridgehead atoms. The number of ether oxygens (including phenoxy) is 1. The molecule has 0 aliphatic carbocycles. The van der Waals surface area contributed by atoms with E-state index in [9.17, 15) is 19.2 Å². The first-order chi connectivity index (χ1) is 16.9. The van der Waals surface area contributed by atoms with Gasteiger partial charge in [0.05, 0.1) is 6.33 Å². The fourth-order valence-corrected chi connectivity index (χ4v) is 4.10. The van der Waals surface area contributed by atoms with Crippen LogP contribution in [0, 0.1) is 0 Å². The number of fused-ring (bicyclic) bond motifs is 1. The van der Waals surface area contributed by atoms with Crippen molar-refractivity contribution >= 4 is 34.5 Å². The topological polar surface area (TPSA) is 124 Å². The molecule has 36 heavy (non-hydrogen) atoms. The van der Waals surface area contributed by atoms with Crippen LogP contribution in [0.25, 0.3) is 11.2 Å². The third kappa shape index (κ3) is 5.11. The van der Waals surface area contributed by atoms with Gasteiger partial charge in [-0.05, 0) is 45.0 Å². The van der Waals surface area contributed by atoms with Crippen LogP contribution in [-0.4, -0.2) is 67.4 Å². The highest BCUT2D eigenvalue weighted by atomic mass is 16.6. The van der Waals surface area contributed by atoms with E-state index in [2.05, 4.69) is 15.2 Å². The predicted molar refractivity (Wildman–Crippen MR) is 135 cm³/mol. The van der Waals surface area contributed by atoms with Gasteiger partial charge in [-0.1, -0.05) is 0 Å². The molecule has 3 heterocycles. The Balaban J connectivity index is 1.37. The van der Waals surface area contributed by atoms with E-state index in [-0.39, 0.29) is 29.7 Å². The van der Waals surface area contributed by atoms with Crippen LogP contribution >= 0.6 is 0 Å². The van der Waals surface area contributed by atoms with Crippen molar-refractivity contribution in [2.75, 3.05) is 36.4 Å². The van der Waals surface area contributed by atoms with Gasteiger partial charge in [-0.25, -0.2) is 14.6 Å². The molecule has 3 aromatic rings. The van der Waals surface area contributed by atoms with Crippen LogP contribution in [0.3, 0.4) is 0 Å². The van der Waals surface area contributed by atoms with Crippen molar-refractivity contribution in [2.24, 2.45) is 14.1 Å². The van der Waals surface area contributed by atoms with Gasteiger partial charge < -0.3 is 24.4 Å². The van der Waals surface area contributed by atoms with Gasteiger partial charge in [-0.15, -0.1) is 0 Å². The molecule has 0 saturated carbocycles. The van der Waals surface area contributed by atoms with E-state index in [4.69, 9.17) is 4.74 Å². The van der Waals surface area contributed by atoms with Gasteiger partial charge in [-0.3, -0.25) is 18.7 Å². The molecular formula is C24H31N7O5. The molecule has 1 aliphatic rings. The number of anilines is 2. The number of hydrogen-bond acceptors (Lipinski definition) is 7. The van der Waals surface area contributed by atoms with Crippen LogP contribution in [0.2, 0.25) is 0 Å². The van der Waals surface area contributed by atoms with Crippen molar-refractivity contribution in [1.82, 2.24) is 23.6 Å². The molecular weight excluding hydrogens is 466 g/mol. The number of aromatic nitrogens is 4. The third-order valence-electron chi connectivity index (χ3n) is 5.98. The zero-order chi connectivity index (χ0) is 26.2. The number of nitrogens with one attached hydrogen (secondary N) is 1. The Hall–Kier alpha value is -4.09. The Morgan fingerprint density at radius 3 is 2.25 bits per heavy atom. The first-order valence-corrected chi connectivity index (χ1v) is 11.7. The van der Waals surface area contributed by atoms with Crippen LogP contribution in [-0.2, 0) is 30.2 Å². The smallest absolute Gasteiger partial charge is 0.410 e. The van der Waals surface area contributed by atoms with Gasteiger partial charge >= 0.3 is 11.8 Å². The summed E-state index contributed by atoms with van der Waals surface area (Å²) in [6, 6.07) is 7.44. The SMILES string of the molecule is Cn1c(=O)c2c(ncn2CC(=O)Nc2ccc(N3CCN(C(=O)OC(C)(C)C)CC3)cc2)n(C)c1=O. The largest absolute Gasteiger partial charge is 0.444 e. The second-order valence-corrected chi connectivity index (χ2v) is 9.80. The molecule has 12 heteroatoms. The fourth-order valence-electron chi connectivity index (χ4n) is 4.10. The fraction of sp³-hybridized carbons (Fsp3) is 0.458. The first-order valence-electron chi connectivity index (χ1n) is 11.7. The predicted octanol–water partition coefficient (Wildman–Crippen LogP) is 1.13. The molecule has 1 aromatic carbocycles. The molecule has 0 radical (unpaired) electrons. The molecule has 1 N–H and O–H groups in total. The van der Waals surface area contributed by atoms with Gasteiger partial charge in [0.15, 0.2) is 11.2 Å². The number of imidazole rings is 1. The molecule has 0 spiro atoms. The highest BCUT2D eigenvalue weighted by molar-refractivity contribution is 5.91. The number of benzene rings is 1. The van der Waals surface area contributed by atoms with Crippen LogP contribution in [0.15, 0.2) is 40.2 Å². The number of carbonyl (C=O) groups excluding carboxylic acids is 2. The zero-order valence-corrected chi connectivity index (χ0v) is 21.1. The summed E-state index contributed by atoms with van der Waals surface area (Å²) in [5.74, 6) is -0.330. The summed E-state index contributed by atoms with van der Waals surface area (Å²) in [4.78, 5) is 57.6. The molecule has 1 aliphatic heterocycles. The van der Waals surface area contributed by atoms with Crippen LogP contribution in [0.1, 0.15) is 20.8 Å². The molecule has 4 rings (SSSR count). The summed E-state index contributed by atoms with van der Waals surface area (Å²) in [7, 11) is 2.92. The maximum atomic E-state index is 12.7. The van der Waals surface area contributed by atoms with Crippen molar-refractivity contribution in [3.63, 3.8) is 0 Å². The highest BCUT2D eigenvalue weighted by Crippen LogP contribution is 2.20. The van der Waals surface area contributed by atoms with E-state index in [0.29, 0.717) is 31.9 Å². The Bertz CT molecular complexity index is 1400. The minimum absolute atomic E-state index is 0.127. The van der Waals surface area contributed by atoms with Crippen molar-refractivity contribution in [3.8, 4) is 0 Å². The van der Waals surface area contributed by atoms with E-state index in [1.165, 1.54) is 29.6 Å². The number of aryl methyl sites for hydroxylation is 1. The lowest BCUT2D eigenvalue weighted by atomic mass is 10.2.